The van der Waals surface area contributed by atoms with Crippen molar-refractivity contribution in [3.63, 3.8) is 0 Å². The highest BCUT2D eigenvalue weighted by Crippen LogP contribution is 2.27. The van der Waals surface area contributed by atoms with Crippen LogP contribution < -0.4 is 11.1 Å². The Morgan fingerprint density at radius 1 is 1.10 bits per heavy atom. The number of aliphatic hydroxyl groups is 1. The molecule has 0 unspecified atom stereocenters. The van der Waals surface area contributed by atoms with Crippen molar-refractivity contribution in [2.45, 2.75) is 31.4 Å². The number of aliphatic hydroxyl groups excluding tert-OH is 1. The quantitative estimate of drug-likeness (QED) is 0.291. The van der Waals surface area contributed by atoms with Gasteiger partial charge in [-0.25, -0.2) is 0 Å². The van der Waals surface area contributed by atoms with Crippen LogP contribution >= 0.6 is 0 Å². The summed E-state index contributed by atoms with van der Waals surface area (Å²) in [5.41, 5.74) is 5.98. The molecule has 0 aliphatic rings. The van der Waals surface area contributed by atoms with Crippen LogP contribution in [0.4, 0.5) is 5.69 Å². The highest BCUT2D eigenvalue weighted by Gasteiger charge is 2.34. The van der Waals surface area contributed by atoms with Gasteiger partial charge >= 0.3 is 5.97 Å². The fourth-order valence-corrected chi connectivity index (χ4v) is 3.06. The molecule has 0 radical (unpaired) electrons. The molecule has 0 bridgehead atoms. The predicted octanol–water partition coefficient (Wildman–Crippen LogP) is 1.34. The van der Waals surface area contributed by atoms with Crippen LogP contribution in [0.3, 0.4) is 0 Å². The van der Waals surface area contributed by atoms with Gasteiger partial charge in [-0.05, 0) is 18.1 Å². The van der Waals surface area contributed by atoms with E-state index in [1.165, 1.54) is 36.4 Å². The topological polar surface area (TPSA) is 162 Å². The number of nitro groups is 1. The predicted molar refractivity (Wildman–Crippen MR) is 110 cm³/mol. The number of amides is 2. The Kier molecular flexibility index (Phi) is 8.21. The molecule has 3 atom stereocenters. The number of nitrogens with one attached hydrogen (secondary N) is 1. The second kappa shape index (κ2) is 10.8. The molecule has 0 saturated carbocycles. The monoisotopic (exact) mass is 429 g/mol. The summed E-state index contributed by atoms with van der Waals surface area (Å²) in [5.74, 6) is -3.44. The molecule has 4 N–H and O–H groups in total. The zero-order valence-corrected chi connectivity index (χ0v) is 16.8. The van der Waals surface area contributed by atoms with Gasteiger partial charge in [-0.3, -0.25) is 24.5 Å². The molecule has 0 heterocycles. The van der Waals surface area contributed by atoms with Crippen LogP contribution in [0.5, 0.6) is 0 Å². The standard InChI is InChI=1S/C21H23N3O7/c1-2-31-17(25)12-16(13-8-10-15(11-9-13)24(29)30)18(20(22)27)23-21(28)19(26)14-6-4-3-5-7-14/h3-11,16,18-19,26H,2,12H2,1H3,(H2,22,27)(H,23,28)/t16-,18+,19-/m0/s1. The summed E-state index contributed by atoms with van der Waals surface area (Å²) in [5, 5.41) is 23.6. The lowest BCUT2D eigenvalue weighted by Crippen LogP contribution is -2.50. The normalized spacial score (nSPS) is 13.5. The van der Waals surface area contributed by atoms with Crippen LogP contribution in [-0.4, -0.2) is 40.5 Å². The Bertz CT molecular complexity index is 932. The van der Waals surface area contributed by atoms with E-state index >= 15 is 0 Å². The van der Waals surface area contributed by atoms with E-state index in [-0.39, 0.29) is 18.7 Å². The van der Waals surface area contributed by atoms with Crippen molar-refractivity contribution in [3.8, 4) is 0 Å². The zero-order chi connectivity index (χ0) is 23.0. The number of non-ortho nitro benzene ring substituents is 1. The van der Waals surface area contributed by atoms with Crippen LogP contribution in [0.2, 0.25) is 0 Å². The molecule has 164 valence electrons. The Hall–Kier alpha value is -3.79. The summed E-state index contributed by atoms with van der Waals surface area (Å²) in [6.07, 6.45) is -1.89. The number of hydrogen-bond donors (Lipinski definition) is 3. The first-order chi connectivity index (χ1) is 14.7. The second-order valence-corrected chi connectivity index (χ2v) is 6.67. The highest BCUT2D eigenvalue weighted by molar-refractivity contribution is 5.90. The van der Waals surface area contributed by atoms with E-state index < -0.39 is 40.8 Å². The molecule has 0 spiro atoms. The molecule has 0 fully saturated rings. The number of nitrogens with zero attached hydrogens (tertiary/aromatic N) is 1. The third kappa shape index (κ3) is 6.34. The smallest absolute Gasteiger partial charge is 0.306 e. The lowest BCUT2D eigenvalue weighted by molar-refractivity contribution is -0.384. The summed E-state index contributed by atoms with van der Waals surface area (Å²) in [4.78, 5) is 47.2. The first-order valence-corrected chi connectivity index (χ1v) is 9.47. The van der Waals surface area contributed by atoms with E-state index in [2.05, 4.69) is 5.32 Å². The zero-order valence-electron chi connectivity index (χ0n) is 16.8. The molecular formula is C21H23N3O7. The van der Waals surface area contributed by atoms with E-state index in [1.54, 1.807) is 25.1 Å². The van der Waals surface area contributed by atoms with Crippen LogP contribution in [0.1, 0.15) is 36.5 Å². The maximum atomic E-state index is 12.6. The fraction of sp³-hybridized carbons (Fsp3) is 0.286. The summed E-state index contributed by atoms with van der Waals surface area (Å²) >= 11 is 0. The molecule has 2 aromatic carbocycles. The number of primary amides is 1. The van der Waals surface area contributed by atoms with Crippen molar-refractivity contribution in [1.82, 2.24) is 5.32 Å². The summed E-state index contributed by atoms with van der Waals surface area (Å²) in [6.45, 7) is 1.72. The molecule has 10 heteroatoms. The van der Waals surface area contributed by atoms with Gasteiger partial charge in [-0.1, -0.05) is 42.5 Å². The van der Waals surface area contributed by atoms with Gasteiger partial charge in [0, 0.05) is 18.1 Å². The number of ether oxygens (including phenoxy) is 1. The van der Waals surface area contributed by atoms with Gasteiger partial charge in [0.05, 0.1) is 18.0 Å². The number of esters is 1. The van der Waals surface area contributed by atoms with Crippen molar-refractivity contribution in [2.24, 2.45) is 5.73 Å². The number of hydrogen-bond acceptors (Lipinski definition) is 7. The lowest BCUT2D eigenvalue weighted by Gasteiger charge is -2.26. The van der Waals surface area contributed by atoms with Crippen molar-refractivity contribution in [2.75, 3.05) is 6.61 Å². The third-order valence-corrected chi connectivity index (χ3v) is 4.59. The highest BCUT2D eigenvalue weighted by atomic mass is 16.6. The first-order valence-electron chi connectivity index (χ1n) is 9.47. The molecule has 2 amide bonds. The molecule has 2 rings (SSSR count). The second-order valence-electron chi connectivity index (χ2n) is 6.67. The molecule has 0 saturated heterocycles. The van der Waals surface area contributed by atoms with Gasteiger partial charge in [-0.15, -0.1) is 0 Å². The number of nitro benzene ring substituents is 1. The summed E-state index contributed by atoms with van der Waals surface area (Å²) in [7, 11) is 0. The van der Waals surface area contributed by atoms with Crippen LogP contribution in [0.25, 0.3) is 0 Å². The molecule has 31 heavy (non-hydrogen) atoms. The van der Waals surface area contributed by atoms with E-state index in [0.29, 0.717) is 11.1 Å². The molecule has 2 aromatic rings. The SMILES string of the molecule is CCOC(=O)C[C@@H](c1ccc([N+](=O)[O-])cc1)[C@@H](NC(=O)[C@@H](O)c1ccccc1)C(N)=O. The van der Waals surface area contributed by atoms with Gasteiger partial charge in [0.25, 0.3) is 11.6 Å². The summed E-state index contributed by atoms with van der Waals surface area (Å²) in [6, 6.07) is 11.9. The first kappa shape index (κ1) is 23.5. The fourth-order valence-electron chi connectivity index (χ4n) is 3.06. The maximum absolute atomic E-state index is 12.6. The van der Waals surface area contributed by atoms with Gasteiger partial charge in [0.15, 0.2) is 6.10 Å². The Labute approximate surface area is 178 Å². The Balaban J connectivity index is 2.34. The van der Waals surface area contributed by atoms with E-state index in [1.807, 2.05) is 0 Å². The molecule has 0 aromatic heterocycles. The van der Waals surface area contributed by atoms with Gasteiger partial charge < -0.3 is 20.9 Å². The number of carbonyl (C=O) groups excluding carboxylic acids is 3. The van der Waals surface area contributed by atoms with E-state index in [9.17, 15) is 29.6 Å². The number of rotatable bonds is 10. The van der Waals surface area contributed by atoms with E-state index in [4.69, 9.17) is 10.5 Å². The average Bonchev–Trinajstić information content (AvgIpc) is 2.76. The van der Waals surface area contributed by atoms with E-state index in [0.717, 1.165) is 0 Å². The molecule has 0 aliphatic heterocycles. The minimum absolute atomic E-state index is 0.103. The largest absolute Gasteiger partial charge is 0.466 e. The number of nitrogens with two attached hydrogens (primary N) is 1. The van der Waals surface area contributed by atoms with Crippen LogP contribution in [-0.2, 0) is 19.1 Å². The molecular weight excluding hydrogens is 406 g/mol. The lowest BCUT2D eigenvalue weighted by atomic mass is 9.87. The van der Waals surface area contributed by atoms with Crippen LogP contribution in [0.15, 0.2) is 54.6 Å². The minimum atomic E-state index is -1.57. The molecule has 0 aliphatic carbocycles. The summed E-state index contributed by atoms with van der Waals surface area (Å²) < 4.78 is 4.95. The minimum Gasteiger partial charge on any atom is -0.466 e. The third-order valence-electron chi connectivity index (χ3n) is 4.59. The van der Waals surface area contributed by atoms with Gasteiger partial charge in [-0.2, -0.15) is 0 Å². The number of carbonyl (C=O) groups is 3. The Morgan fingerprint density at radius 3 is 2.23 bits per heavy atom. The van der Waals surface area contributed by atoms with Gasteiger partial charge in [0.1, 0.15) is 6.04 Å². The van der Waals surface area contributed by atoms with Gasteiger partial charge in [0.2, 0.25) is 5.91 Å². The molecule has 10 nitrogen and oxygen atoms in total. The Morgan fingerprint density at radius 2 is 1.71 bits per heavy atom. The van der Waals surface area contributed by atoms with Crippen molar-refractivity contribution >= 4 is 23.5 Å². The van der Waals surface area contributed by atoms with Crippen molar-refractivity contribution < 1.29 is 29.2 Å². The average molecular weight is 429 g/mol. The van der Waals surface area contributed by atoms with Crippen molar-refractivity contribution in [1.29, 1.82) is 0 Å². The number of benzene rings is 2. The van der Waals surface area contributed by atoms with Crippen LogP contribution in [0, 0.1) is 10.1 Å². The maximum Gasteiger partial charge on any atom is 0.306 e. The van der Waals surface area contributed by atoms with Crippen molar-refractivity contribution in [3.05, 3.63) is 75.8 Å².